The molecule has 0 bridgehead atoms. The van der Waals surface area contributed by atoms with E-state index in [1.54, 1.807) is 0 Å². The van der Waals surface area contributed by atoms with E-state index in [2.05, 4.69) is 34.9 Å². The minimum absolute atomic E-state index is 0.0387. The molecule has 2 aromatic rings. The molecule has 4 aliphatic heterocycles. The van der Waals surface area contributed by atoms with E-state index in [4.69, 9.17) is 18.9 Å². The third-order valence-electron chi connectivity index (χ3n) is 7.20. The van der Waals surface area contributed by atoms with Gasteiger partial charge in [-0.25, -0.2) is 0 Å². The van der Waals surface area contributed by atoms with Gasteiger partial charge in [-0.3, -0.25) is 0 Å². The van der Waals surface area contributed by atoms with Crippen LogP contribution in [0.5, 0.6) is 11.5 Å². The fourth-order valence-corrected chi connectivity index (χ4v) is 5.68. The molecule has 0 fully saturated rings. The van der Waals surface area contributed by atoms with Crippen LogP contribution in [-0.4, -0.2) is 52.6 Å². The Hall–Kier alpha value is -2.12. The molecule has 2 N–H and O–H groups in total. The quantitative estimate of drug-likeness (QED) is 0.726. The first-order valence-electron chi connectivity index (χ1n) is 12.0. The summed E-state index contributed by atoms with van der Waals surface area (Å²) in [6, 6.07) is 9.01. The van der Waals surface area contributed by atoms with Crippen LogP contribution in [0.2, 0.25) is 0 Å². The number of hydrogen-bond donors (Lipinski definition) is 2. The van der Waals surface area contributed by atoms with Gasteiger partial charge in [0.1, 0.15) is 17.6 Å². The maximum absolute atomic E-state index is 6.48. The van der Waals surface area contributed by atoms with Gasteiger partial charge in [-0.2, -0.15) is 0 Å². The van der Waals surface area contributed by atoms with Gasteiger partial charge in [0.05, 0.1) is 32.0 Å². The first kappa shape index (κ1) is 20.5. The second-order valence-corrected chi connectivity index (χ2v) is 9.23. The Morgan fingerprint density at radius 1 is 0.750 bits per heavy atom. The van der Waals surface area contributed by atoms with Crippen LogP contribution < -0.4 is 20.1 Å². The zero-order valence-electron chi connectivity index (χ0n) is 18.7. The third-order valence-corrected chi connectivity index (χ3v) is 7.20. The topological polar surface area (TPSA) is 61.0 Å². The lowest BCUT2D eigenvalue weighted by Gasteiger charge is -2.29. The number of hydrogen-bond acceptors (Lipinski definition) is 6. The van der Waals surface area contributed by atoms with Crippen LogP contribution in [0.3, 0.4) is 0 Å². The highest BCUT2D eigenvalue weighted by atomic mass is 16.5. The van der Waals surface area contributed by atoms with E-state index < -0.39 is 0 Å². The Morgan fingerprint density at radius 2 is 1.41 bits per heavy atom. The van der Waals surface area contributed by atoms with Crippen molar-refractivity contribution in [2.24, 2.45) is 0 Å². The smallest absolute Gasteiger partial charge is 0.129 e. The Morgan fingerprint density at radius 3 is 2.19 bits per heavy atom. The molecule has 6 heteroatoms. The van der Waals surface area contributed by atoms with Gasteiger partial charge in [0.25, 0.3) is 0 Å². The van der Waals surface area contributed by atoms with Gasteiger partial charge in [-0.1, -0.05) is 24.3 Å². The predicted molar refractivity (Wildman–Crippen MR) is 122 cm³/mol. The highest BCUT2D eigenvalue weighted by Gasteiger charge is 2.33. The molecular formula is C26H32N2O4. The van der Waals surface area contributed by atoms with E-state index in [1.807, 2.05) is 7.05 Å². The van der Waals surface area contributed by atoms with E-state index in [-0.39, 0.29) is 18.3 Å². The van der Waals surface area contributed by atoms with Gasteiger partial charge in [0, 0.05) is 43.6 Å². The molecule has 32 heavy (non-hydrogen) atoms. The number of likely N-dealkylation sites (N-methyl/N-ethyl adjacent to an activating group) is 1. The van der Waals surface area contributed by atoms with Crippen LogP contribution in [0.25, 0.3) is 0 Å². The number of rotatable bonds is 6. The van der Waals surface area contributed by atoms with Crippen LogP contribution in [0.1, 0.15) is 45.6 Å². The lowest BCUT2D eigenvalue weighted by molar-refractivity contribution is 0.0377. The average molecular weight is 437 g/mol. The highest BCUT2D eigenvalue weighted by molar-refractivity contribution is 5.52. The molecule has 0 saturated carbocycles. The fourth-order valence-electron chi connectivity index (χ4n) is 5.68. The summed E-state index contributed by atoms with van der Waals surface area (Å²) in [5, 5.41) is 6.89. The van der Waals surface area contributed by atoms with E-state index in [0.717, 1.165) is 76.6 Å². The second-order valence-electron chi connectivity index (χ2n) is 9.23. The van der Waals surface area contributed by atoms with Crippen LogP contribution in [0, 0.1) is 0 Å². The zero-order chi connectivity index (χ0) is 21.5. The van der Waals surface area contributed by atoms with E-state index >= 15 is 0 Å². The largest absolute Gasteiger partial charge is 0.493 e. The summed E-state index contributed by atoms with van der Waals surface area (Å²) in [5.41, 5.74) is 7.86. The summed E-state index contributed by atoms with van der Waals surface area (Å²) in [6.07, 6.45) is 4.10. The SMILES string of the molecule is CNC[C@@H]1OCCc2ccc3c(c21)OC(CNC[C@H]1OCCc2ccc4c(c21)OCC4)C3. The molecule has 6 rings (SSSR count). The number of benzene rings is 2. The molecule has 0 amide bonds. The number of fused-ring (bicyclic) bond motifs is 6. The monoisotopic (exact) mass is 436 g/mol. The van der Waals surface area contributed by atoms with Gasteiger partial charge in [-0.15, -0.1) is 0 Å². The van der Waals surface area contributed by atoms with Crippen LogP contribution >= 0.6 is 0 Å². The van der Waals surface area contributed by atoms with Crippen molar-refractivity contribution < 1.29 is 18.9 Å². The van der Waals surface area contributed by atoms with Gasteiger partial charge >= 0.3 is 0 Å². The summed E-state index contributed by atoms with van der Waals surface area (Å²) in [6.45, 7) is 4.70. The second kappa shape index (κ2) is 8.67. The van der Waals surface area contributed by atoms with Crippen molar-refractivity contribution in [1.29, 1.82) is 0 Å². The molecule has 170 valence electrons. The Balaban J connectivity index is 1.13. The van der Waals surface area contributed by atoms with Crippen molar-refractivity contribution in [2.75, 3.05) is 46.5 Å². The molecule has 0 aromatic heterocycles. The Bertz CT molecular complexity index is 1010. The first-order valence-corrected chi connectivity index (χ1v) is 12.0. The molecule has 4 aliphatic rings. The fraction of sp³-hybridized carbons (Fsp3) is 0.538. The summed E-state index contributed by atoms with van der Waals surface area (Å²) in [4.78, 5) is 0. The van der Waals surface area contributed by atoms with E-state index in [0.29, 0.717) is 0 Å². The summed E-state index contributed by atoms with van der Waals surface area (Å²) in [7, 11) is 1.97. The van der Waals surface area contributed by atoms with Crippen molar-refractivity contribution in [3.05, 3.63) is 57.6 Å². The molecule has 0 saturated heterocycles. The average Bonchev–Trinajstić information content (AvgIpc) is 3.46. The minimum Gasteiger partial charge on any atom is -0.493 e. The number of nitrogens with one attached hydrogen (secondary N) is 2. The standard InChI is InChI=1S/C26H32N2O4/c1-27-14-21-24-17(7-9-29-21)3-5-19-12-20(32-26(19)24)13-28-15-22-23-16(6-10-30-22)2-4-18-8-11-31-25(18)23/h2-5,20-22,27-28H,6-15H2,1H3/t20?,21-,22+/m0/s1. The molecule has 1 unspecified atom stereocenters. The highest BCUT2D eigenvalue weighted by Crippen LogP contribution is 2.42. The summed E-state index contributed by atoms with van der Waals surface area (Å²) < 4.78 is 24.7. The molecule has 0 radical (unpaired) electrons. The van der Waals surface area contributed by atoms with Crippen LogP contribution in [0.15, 0.2) is 24.3 Å². The predicted octanol–water partition coefficient (Wildman–Crippen LogP) is 2.66. The van der Waals surface area contributed by atoms with Crippen molar-refractivity contribution in [3.8, 4) is 11.5 Å². The minimum atomic E-state index is 0.0387. The van der Waals surface area contributed by atoms with Crippen LogP contribution in [-0.2, 0) is 35.2 Å². The molecule has 0 aliphatic carbocycles. The van der Waals surface area contributed by atoms with Gasteiger partial charge in [-0.05, 0) is 42.1 Å². The molecule has 3 atom stereocenters. The Kier molecular flexibility index (Phi) is 5.55. The Labute approximate surface area is 189 Å². The lowest BCUT2D eigenvalue weighted by atomic mass is 9.93. The van der Waals surface area contributed by atoms with Crippen molar-refractivity contribution in [3.63, 3.8) is 0 Å². The zero-order valence-corrected chi connectivity index (χ0v) is 18.7. The maximum atomic E-state index is 6.48. The van der Waals surface area contributed by atoms with Crippen molar-refractivity contribution in [2.45, 2.75) is 44.0 Å². The first-order chi connectivity index (χ1) is 15.8. The van der Waals surface area contributed by atoms with Crippen LogP contribution in [0.4, 0.5) is 0 Å². The lowest BCUT2D eigenvalue weighted by Crippen LogP contribution is -2.35. The molecular weight excluding hydrogens is 404 g/mol. The van der Waals surface area contributed by atoms with E-state index in [9.17, 15) is 0 Å². The summed E-state index contributed by atoms with van der Waals surface area (Å²) in [5.74, 6) is 2.13. The number of ether oxygens (including phenoxy) is 4. The van der Waals surface area contributed by atoms with Crippen molar-refractivity contribution >= 4 is 0 Å². The third kappa shape index (κ3) is 3.59. The molecule has 2 aromatic carbocycles. The maximum Gasteiger partial charge on any atom is 0.129 e. The van der Waals surface area contributed by atoms with Gasteiger partial charge < -0.3 is 29.6 Å². The van der Waals surface area contributed by atoms with Gasteiger partial charge in [0.15, 0.2) is 0 Å². The van der Waals surface area contributed by atoms with E-state index in [1.165, 1.54) is 33.4 Å². The van der Waals surface area contributed by atoms with Crippen molar-refractivity contribution in [1.82, 2.24) is 10.6 Å². The summed E-state index contributed by atoms with van der Waals surface area (Å²) >= 11 is 0. The molecule has 6 nitrogen and oxygen atoms in total. The van der Waals surface area contributed by atoms with Gasteiger partial charge in [0.2, 0.25) is 0 Å². The normalized spacial score (nSPS) is 25.3. The molecule has 0 spiro atoms. The molecule has 4 heterocycles.